The highest BCUT2D eigenvalue weighted by atomic mass is 32.1. The summed E-state index contributed by atoms with van der Waals surface area (Å²) in [4.78, 5) is 34.2. The summed E-state index contributed by atoms with van der Waals surface area (Å²) in [6.07, 6.45) is 2.79. The summed E-state index contributed by atoms with van der Waals surface area (Å²) in [6.45, 7) is 0. The minimum absolute atomic E-state index is 0.0548. The zero-order valence-corrected chi connectivity index (χ0v) is 16.8. The molecule has 0 saturated carbocycles. The minimum Gasteiger partial charge on any atom is -0.493 e. The van der Waals surface area contributed by atoms with Gasteiger partial charge in [0.1, 0.15) is 0 Å². The molecule has 0 aliphatic heterocycles. The number of nitrogens with one attached hydrogen (secondary N) is 3. The van der Waals surface area contributed by atoms with Gasteiger partial charge in [-0.25, -0.2) is 0 Å². The molecule has 3 N–H and O–H groups in total. The number of carbonyl (C=O) groups is 2. The lowest BCUT2D eigenvalue weighted by Crippen LogP contribution is -2.48. The normalized spacial score (nSPS) is 10.2. The number of hydrogen-bond donors (Lipinski definition) is 3. The second-order valence-corrected chi connectivity index (χ2v) is 6.06. The summed E-state index contributed by atoms with van der Waals surface area (Å²) in [5.41, 5.74) is 5.13. The summed E-state index contributed by atoms with van der Waals surface area (Å²) in [7, 11) is 3.02. The summed E-state index contributed by atoms with van der Waals surface area (Å²) in [6, 6.07) is 10.3. The van der Waals surface area contributed by atoms with E-state index in [2.05, 4.69) is 16.2 Å². The third-order valence-corrected chi connectivity index (χ3v) is 3.88. The molecule has 0 spiro atoms. The van der Waals surface area contributed by atoms with Crippen molar-refractivity contribution in [2.24, 2.45) is 0 Å². The second-order valence-electron chi connectivity index (χ2n) is 5.65. The number of nitro groups is 1. The van der Waals surface area contributed by atoms with Crippen molar-refractivity contribution in [2.75, 3.05) is 14.2 Å². The molecular formula is C19H18N4O6S. The zero-order valence-electron chi connectivity index (χ0n) is 16.0. The molecule has 0 saturated heterocycles. The SMILES string of the molecule is COc1ccc(/C=C/C(=O)NC(=S)NNC(=O)c2cccc([N+](=O)[O-])c2)cc1OC. The fraction of sp³-hybridized carbons (Fsp3) is 0.105. The highest BCUT2D eigenvalue weighted by molar-refractivity contribution is 7.80. The molecule has 2 amide bonds. The van der Waals surface area contributed by atoms with Crippen molar-refractivity contribution in [2.45, 2.75) is 0 Å². The Balaban J connectivity index is 1.88. The van der Waals surface area contributed by atoms with Crippen LogP contribution in [0.4, 0.5) is 5.69 Å². The Morgan fingerprint density at radius 3 is 2.47 bits per heavy atom. The van der Waals surface area contributed by atoms with Gasteiger partial charge >= 0.3 is 0 Å². The Morgan fingerprint density at radius 2 is 1.80 bits per heavy atom. The number of nitrogens with zero attached hydrogens (tertiary/aromatic N) is 1. The first-order chi connectivity index (χ1) is 14.3. The number of hydrogen-bond acceptors (Lipinski definition) is 7. The van der Waals surface area contributed by atoms with Gasteiger partial charge in [0.05, 0.1) is 19.1 Å². The average molecular weight is 430 g/mol. The van der Waals surface area contributed by atoms with Crippen molar-refractivity contribution < 1.29 is 24.0 Å². The molecule has 0 bridgehead atoms. The van der Waals surface area contributed by atoms with E-state index in [1.165, 1.54) is 38.5 Å². The summed E-state index contributed by atoms with van der Waals surface area (Å²) in [5, 5.41) is 13.0. The molecule has 0 heterocycles. The Bertz CT molecular complexity index is 1010. The zero-order chi connectivity index (χ0) is 22.1. The quantitative estimate of drug-likeness (QED) is 0.274. The summed E-state index contributed by atoms with van der Waals surface area (Å²) >= 11 is 4.93. The number of benzene rings is 2. The first kappa shape index (κ1) is 22.3. The monoisotopic (exact) mass is 430 g/mol. The molecule has 2 aromatic carbocycles. The standard InChI is InChI=1S/C19H18N4O6S/c1-28-15-8-6-12(10-16(15)29-2)7-9-17(24)20-19(30)22-21-18(25)13-4-3-5-14(11-13)23(26)27/h3-11H,1-2H3,(H,21,25)(H2,20,22,24,30)/b9-7+. The number of ether oxygens (including phenoxy) is 2. The van der Waals surface area contributed by atoms with E-state index in [1.807, 2.05) is 0 Å². The Kier molecular flexibility index (Phi) is 7.82. The van der Waals surface area contributed by atoms with Crippen LogP contribution in [-0.2, 0) is 4.79 Å². The van der Waals surface area contributed by atoms with E-state index in [1.54, 1.807) is 24.3 Å². The lowest BCUT2D eigenvalue weighted by Gasteiger charge is -2.10. The topological polar surface area (TPSA) is 132 Å². The van der Waals surface area contributed by atoms with Crippen molar-refractivity contribution >= 4 is 40.9 Å². The first-order valence-electron chi connectivity index (χ1n) is 8.40. The van der Waals surface area contributed by atoms with Crippen LogP contribution < -0.4 is 25.6 Å². The number of amides is 2. The van der Waals surface area contributed by atoms with Gasteiger partial charge in [0.15, 0.2) is 16.6 Å². The highest BCUT2D eigenvalue weighted by Gasteiger charge is 2.12. The third kappa shape index (κ3) is 6.27. The fourth-order valence-electron chi connectivity index (χ4n) is 2.26. The van der Waals surface area contributed by atoms with Gasteiger partial charge in [0.25, 0.3) is 11.6 Å². The molecule has 0 unspecified atom stereocenters. The number of non-ortho nitro benzene ring substituents is 1. The number of thiocarbonyl (C=S) groups is 1. The molecule has 0 aliphatic rings. The van der Waals surface area contributed by atoms with Crippen LogP contribution in [0, 0.1) is 10.1 Å². The Labute approximate surface area is 177 Å². The molecule has 30 heavy (non-hydrogen) atoms. The van der Waals surface area contributed by atoms with Crippen molar-refractivity contribution in [3.8, 4) is 11.5 Å². The van der Waals surface area contributed by atoms with Gasteiger partial charge in [0.2, 0.25) is 5.91 Å². The van der Waals surface area contributed by atoms with Crippen LogP contribution in [0.15, 0.2) is 48.5 Å². The van der Waals surface area contributed by atoms with Crippen molar-refractivity contribution in [3.05, 3.63) is 69.8 Å². The molecule has 0 aromatic heterocycles. The van der Waals surface area contributed by atoms with Gasteiger partial charge in [-0.3, -0.25) is 35.9 Å². The van der Waals surface area contributed by atoms with Crippen molar-refractivity contribution in [1.29, 1.82) is 0 Å². The maximum Gasteiger partial charge on any atom is 0.270 e. The van der Waals surface area contributed by atoms with Gasteiger partial charge in [-0.1, -0.05) is 12.1 Å². The number of hydrazine groups is 1. The molecule has 10 nitrogen and oxygen atoms in total. The van der Waals surface area contributed by atoms with Gasteiger partial charge < -0.3 is 9.47 Å². The van der Waals surface area contributed by atoms with Gasteiger partial charge in [-0.05, 0) is 42.1 Å². The van der Waals surface area contributed by atoms with Crippen LogP contribution in [0.2, 0.25) is 0 Å². The predicted octanol–water partition coefficient (Wildman–Crippen LogP) is 1.96. The Hall–Kier alpha value is -3.99. The third-order valence-electron chi connectivity index (χ3n) is 3.68. The van der Waals surface area contributed by atoms with E-state index >= 15 is 0 Å². The van der Waals surface area contributed by atoms with Crippen LogP contribution in [0.1, 0.15) is 15.9 Å². The number of rotatable bonds is 6. The molecule has 2 aromatic rings. The first-order valence-corrected chi connectivity index (χ1v) is 8.80. The van der Waals surface area contributed by atoms with E-state index in [4.69, 9.17) is 21.7 Å². The number of methoxy groups -OCH3 is 2. The second kappa shape index (κ2) is 10.5. The lowest BCUT2D eigenvalue weighted by atomic mass is 10.2. The molecule has 0 fully saturated rings. The van der Waals surface area contributed by atoms with E-state index in [9.17, 15) is 19.7 Å². The number of nitro benzene ring substituents is 1. The van der Waals surface area contributed by atoms with Crippen LogP contribution in [0.3, 0.4) is 0 Å². The van der Waals surface area contributed by atoms with E-state index in [0.29, 0.717) is 17.1 Å². The van der Waals surface area contributed by atoms with E-state index in [0.717, 1.165) is 6.07 Å². The molecule has 0 aliphatic carbocycles. The summed E-state index contributed by atoms with van der Waals surface area (Å²) in [5.74, 6) is -0.117. The average Bonchev–Trinajstić information content (AvgIpc) is 2.75. The largest absolute Gasteiger partial charge is 0.493 e. The van der Waals surface area contributed by atoms with Crippen LogP contribution in [0.5, 0.6) is 11.5 Å². The van der Waals surface area contributed by atoms with Gasteiger partial charge in [-0.2, -0.15) is 0 Å². The molecule has 2 rings (SSSR count). The van der Waals surface area contributed by atoms with Crippen LogP contribution in [0.25, 0.3) is 6.08 Å². The highest BCUT2D eigenvalue weighted by Crippen LogP contribution is 2.27. The smallest absolute Gasteiger partial charge is 0.270 e. The van der Waals surface area contributed by atoms with Crippen molar-refractivity contribution in [1.82, 2.24) is 16.2 Å². The van der Waals surface area contributed by atoms with Crippen LogP contribution in [-0.4, -0.2) is 36.1 Å². The molecule has 11 heteroatoms. The number of carbonyl (C=O) groups excluding carboxylic acids is 2. The molecule has 0 radical (unpaired) electrons. The van der Waals surface area contributed by atoms with E-state index < -0.39 is 16.7 Å². The fourth-order valence-corrected chi connectivity index (χ4v) is 2.41. The molecular weight excluding hydrogens is 412 g/mol. The maximum atomic E-state index is 12.0. The molecule has 0 atom stereocenters. The predicted molar refractivity (Wildman–Crippen MR) is 113 cm³/mol. The lowest BCUT2D eigenvalue weighted by molar-refractivity contribution is -0.384. The minimum atomic E-state index is -0.656. The van der Waals surface area contributed by atoms with Crippen molar-refractivity contribution in [3.63, 3.8) is 0 Å². The van der Waals surface area contributed by atoms with Gasteiger partial charge in [-0.15, -0.1) is 0 Å². The van der Waals surface area contributed by atoms with E-state index in [-0.39, 0.29) is 16.4 Å². The maximum absolute atomic E-state index is 12.0. The van der Waals surface area contributed by atoms with Crippen LogP contribution >= 0.6 is 12.2 Å². The Morgan fingerprint density at radius 1 is 1.07 bits per heavy atom. The summed E-state index contributed by atoms with van der Waals surface area (Å²) < 4.78 is 10.3. The molecule has 156 valence electrons. The van der Waals surface area contributed by atoms with Gasteiger partial charge in [0, 0.05) is 23.8 Å².